The Bertz CT molecular complexity index is 659. The molecule has 23 heavy (non-hydrogen) atoms. The SMILES string of the molecule is C[C@H](CNc1ccc(C(=O)N(C)C)cn1)Oc1ccccc1Cl. The molecule has 2 rings (SSSR count). The van der Waals surface area contributed by atoms with Gasteiger partial charge in [0.1, 0.15) is 17.7 Å². The zero-order valence-corrected chi connectivity index (χ0v) is 14.2. The average molecular weight is 334 g/mol. The van der Waals surface area contributed by atoms with Crippen LogP contribution < -0.4 is 10.1 Å². The van der Waals surface area contributed by atoms with E-state index in [-0.39, 0.29) is 12.0 Å². The molecule has 0 saturated heterocycles. The number of para-hydroxylation sites is 1. The van der Waals surface area contributed by atoms with Crippen molar-refractivity contribution in [2.24, 2.45) is 0 Å². The Balaban J connectivity index is 1.88. The topological polar surface area (TPSA) is 54.5 Å². The van der Waals surface area contributed by atoms with Crippen molar-refractivity contribution in [1.82, 2.24) is 9.88 Å². The Kier molecular flexibility index (Phi) is 5.82. The monoisotopic (exact) mass is 333 g/mol. The summed E-state index contributed by atoms with van der Waals surface area (Å²) in [6, 6.07) is 10.9. The van der Waals surface area contributed by atoms with Crippen LogP contribution in [0, 0.1) is 0 Å². The maximum absolute atomic E-state index is 11.8. The number of rotatable bonds is 6. The number of nitrogens with zero attached hydrogens (tertiary/aromatic N) is 2. The number of hydrogen-bond acceptors (Lipinski definition) is 4. The Labute approximate surface area is 141 Å². The lowest BCUT2D eigenvalue weighted by Crippen LogP contribution is -2.24. The van der Waals surface area contributed by atoms with Crippen molar-refractivity contribution < 1.29 is 9.53 Å². The highest BCUT2D eigenvalue weighted by molar-refractivity contribution is 6.32. The first-order valence-electron chi connectivity index (χ1n) is 7.30. The van der Waals surface area contributed by atoms with Gasteiger partial charge in [-0.15, -0.1) is 0 Å². The molecule has 1 heterocycles. The van der Waals surface area contributed by atoms with Crippen LogP contribution in [0.1, 0.15) is 17.3 Å². The standard InChI is InChI=1S/C17H20ClN3O2/c1-12(23-15-7-5-4-6-14(15)18)10-19-16-9-8-13(11-20-16)17(22)21(2)3/h4-9,11-12H,10H2,1-3H3,(H,19,20)/t12-/m1/s1. The van der Waals surface area contributed by atoms with E-state index in [4.69, 9.17) is 16.3 Å². The van der Waals surface area contributed by atoms with Crippen molar-refractivity contribution in [1.29, 1.82) is 0 Å². The van der Waals surface area contributed by atoms with Gasteiger partial charge in [0, 0.05) is 20.3 Å². The second kappa shape index (κ2) is 7.83. The molecule has 1 aromatic heterocycles. The predicted octanol–water partition coefficient (Wildman–Crippen LogP) is 3.32. The Hall–Kier alpha value is -2.27. The lowest BCUT2D eigenvalue weighted by atomic mass is 10.2. The van der Waals surface area contributed by atoms with Crippen LogP contribution in [0.15, 0.2) is 42.6 Å². The van der Waals surface area contributed by atoms with Gasteiger partial charge in [-0.3, -0.25) is 4.79 Å². The van der Waals surface area contributed by atoms with E-state index in [9.17, 15) is 4.79 Å². The van der Waals surface area contributed by atoms with E-state index in [0.717, 1.165) is 0 Å². The van der Waals surface area contributed by atoms with Crippen LogP contribution in [0.25, 0.3) is 0 Å². The maximum atomic E-state index is 11.8. The van der Waals surface area contributed by atoms with Crippen LogP contribution in [0.2, 0.25) is 5.02 Å². The molecule has 5 nitrogen and oxygen atoms in total. The number of anilines is 1. The highest BCUT2D eigenvalue weighted by Crippen LogP contribution is 2.24. The summed E-state index contributed by atoms with van der Waals surface area (Å²) >= 11 is 6.06. The summed E-state index contributed by atoms with van der Waals surface area (Å²) in [7, 11) is 3.42. The van der Waals surface area contributed by atoms with Crippen molar-refractivity contribution in [2.45, 2.75) is 13.0 Å². The Morgan fingerprint density at radius 3 is 2.65 bits per heavy atom. The molecule has 0 aliphatic heterocycles. The van der Waals surface area contributed by atoms with Crippen LogP contribution in [0.3, 0.4) is 0 Å². The second-order valence-corrected chi connectivity index (χ2v) is 5.78. The Morgan fingerprint density at radius 1 is 1.30 bits per heavy atom. The third-order valence-electron chi connectivity index (χ3n) is 3.15. The first-order chi connectivity index (χ1) is 11.0. The predicted molar refractivity (Wildman–Crippen MR) is 92.3 cm³/mol. The van der Waals surface area contributed by atoms with Crippen molar-refractivity contribution in [3.8, 4) is 5.75 Å². The third-order valence-corrected chi connectivity index (χ3v) is 3.46. The fourth-order valence-corrected chi connectivity index (χ4v) is 2.11. The molecule has 0 saturated carbocycles. The van der Waals surface area contributed by atoms with E-state index in [1.807, 2.05) is 25.1 Å². The summed E-state index contributed by atoms with van der Waals surface area (Å²) in [5, 5.41) is 3.76. The van der Waals surface area contributed by atoms with Gasteiger partial charge >= 0.3 is 0 Å². The Morgan fingerprint density at radius 2 is 2.04 bits per heavy atom. The second-order valence-electron chi connectivity index (χ2n) is 5.37. The van der Waals surface area contributed by atoms with Crippen LogP contribution in [0.4, 0.5) is 5.82 Å². The van der Waals surface area contributed by atoms with Gasteiger partial charge in [0.2, 0.25) is 0 Å². The highest BCUT2D eigenvalue weighted by atomic mass is 35.5. The van der Waals surface area contributed by atoms with Gasteiger partial charge in [-0.05, 0) is 31.2 Å². The summed E-state index contributed by atoms with van der Waals surface area (Å²) in [6.45, 7) is 2.51. The first kappa shape index (κ1) is 17.1. The molecule has 6 heteroatoms. The minimum absolute atomic E-state index is 0.0699. The van der Waals surface area contributed by atoms with E-state index in [1.165, 1.54) is 4.90 Å². The lowest BCUT2D eigenvalue weighted by Gasteiger charge is -2.17. The lowest BCUT2D eigenvalue weighted by molar-refractivity contribution is 0.0827. The summed E-state index contributed by atoms with van der Waals surface area (Å²) < 4.78 is 5.78. The number of carbonyl (C=O) groups is 1. The van der Waals surface area contributed by atoms with Crippen molar-refractivity contribution in [2.75, 3.05) is 26.0 Å². The highest BCUT2D eigenvalue weighted by Gasteiger charge is 2.09. The summed E-state index contributed by atoms with van der Waals surface area (Å²) in [6.07, 6.45) is 1.48. The fourth-order valence-electron chi connectivity index (χ4n) is 1.93. The molecule has 1 aromatic carbocycles. The van der Waals surface area contributed by atoms with E-state index in [1.54, 1.807) is 38.5 Å². The summed E-state index contributed by atoms with van der Waals surface area (Å²) in [5.41, 5.74) is 0.556. The smallest absolute Gasteiger partial charge is 0.254 e. The number of nitrogens with one attached hydrogen (secondary N) is 1. The number of carbonyl (C=O) groups excluding carboxylic acids is 1. The molecular weight excluding hydrogens is 314 g/mol. The molecule has 0 fully saturated rings. The number of ether oxygens (including phenoxy) is 1. The number of aromatic nitrogens is 1. The molecule has 0 unspecified atom stereocenters. The number of benzene rings is 1. The minimum atomic E-state index is -0.0835. The van der Waals surface area contributed by atoms with Gasteiger partial charge in [-0.25, -0.2) is 4.98 Å². The van der Waals surface area contributed by atoms with Gasteiger partial charge < -0.3 is 15.0 Å². The zero-order chi connectivity index (χ0) is 16.8. The van der Waals surface area contributed by atoms with E-state index < -0.39 is 0 Å². The molecule has 1 atom stereocenters. The molecule has 122 valence electrons. The third kappa shape index (κ3) is 4.86. The van der Waals surface area contributed by atoms with Crippen LogP contribution >= 0.6 is 11.6 Å². The molecule has 2 aromatic rings. The summed E-state index contributed by atoms with van der Waals surface area (Å²) in [4.78, 5) is 17.5. The van der Waals surface area contributed by atoms with E-state index in [2.05, 4.69) is 10.3 Å². The van der Waals surface area contributed by atoms with Gasteiger partial charge in [0.15, 0.2) is 0 Å². The first-order valence-corrected chi connectivity index (χ1v) is 7.68. The van der Waals surface area contributed by atoms with Gasteiger partial charge in [-0.1, -0.05) is 23.7 Å². The van der Waals surface area contributed by atoms with Crippen molar-refractivity contribution >= 4 is 23.3 Å². The van der Waals surface area contributed by atoms with Crippen molar-refractivity contribution in [3.63, 3.8) is 0 Å². The molecule has 0 bridgehead atoms. The van der Waals surface area contributed by atoms with Gasteiger partial charge in [0.05, 0.1) is 17.1 Å². The quantitative estimate of drug-likeness (QED) is 0.881. The van der Waals surface area contributed by atoms with Crippen molar-refractivity contribution in [3.05, 3.63) is 53.2 Å². The van der Waals surface area contributed by atoms with E-state index >= 15 is 0 Å². The molecule has 0 aliphatic carbocycles. The number of halogens is 1. The largest absolute Gasteiger partial charge is 0.487 e. The maximum Gasteiger partial charge on any atom is 0.254 e. The fraction of sp³-hybridized carbons (Fsp3) is 0.294. The minimum Gasteiger partial charge on any atom is -0.487 e. The van der Waals surface area contributed by atoms with E-state index in [0.29, 0.717) is 28.7 Å². The summed E-state index contributed by atoms with van der Waals surface area (Å²) in [5.74, 6) is 1.28. The zero-order valence-electron chi connectivity index (χ0n) is 13.4. The number of hydrogen-bond donors (Lipinski definition) is 1. The van der Waals surface area contributed by atoms with Gasteiger partial charge in [0.25, 0.3) is 5.91 Å². The average Bonchev–Trinajstić information content (AvgIpc) is 2.55. The van der Waals surface area contributed by atoms with Gasteiger partial charge in [-0.2, -0.15) is 0 Å². The molecule has 0 spiro atoms. The van der Waals surface area contributed by atoms with Crippen LogP contribution in [-0.4, -0.2) is 42.5 Å². The molecule has 1 N–H and O–H groups in total. The number of pyridine rings is 1. The molecular formula is C17H20ClN3O2. The molecule has 0 aliphatic rings. The molecule has 0 radical (unpaired) electrons. The molecule has 1 amide bonds. The van der Waals surface area contributed by atoms with Crippen LogP contribution in [0.5, 0.6) is 5.75 Å². The normalized spacial score (nSPS) is 11.7. The van der Waals surface area contributed by atoms with Crippen LogP contribution in [-0.2, 0) is 0 Å². The number of amides is 1.